The van der Waals surface area contributed by atoms with Crippen LogP contribution in [0.4, 0.5) is 17.1 Å². The molecule has 0 atom stereocenters. The summed E-state index contributed by atoms with van der Waals surface area (Å²) in [4.78, 5) is 2.41. The number of anilines is 3. The van der Waals surface area contributed by atoms with E-state index in [1.54, 1.807) is 0 Å². The molecule has 2 heteroatoms. The minimum atomic E-state index is 0.874. The largest absolute Gasteiger partial charge is 0.454 e. The minimum Gasteiger partial charge on any atom is -0.454 e. The average molecular weight is 562 g/mol. The van der Waals surface area contributed by atoms with Gasteiger partial charge in [-0.1, -0.05) is 140 Å². The maximum atomic E-state index is 6.67. The summed E-state index contributed by atoms with van der Waals surface area (Å²) in [6.45, 7) is 0. The average Bonchev–Trinajstić information content (AvgIpc) is 3.48. The Labute approximate surface area is 255 Å². The molecular formula is C42H27NO. The molecule has 0 aliphatic heterocycles. The van der Waals surface area contributed by atoms with Crippen LogP contribution in [0.1, 0.15) is 0 Å². The maximum absolute atomic E-state index is 6.67. The molecule has 9 rings (SSSR count). The van der Waals surface area contributed by atoms with Gasteiger partial charge >= 0.3 is 0 Å². The fourth-order valence-corrected chi connectivity index (χ4v) is 6.87. The number of para-hydroxylation sites is 3. The molecule has 0 N–H and O–H groups in total. The van der Waals surface area contributed by atoms with Crippen LogP contribution in [-0.2, 0) is 0 Å². The lowest BCUT2D eigenvalue weighted by Gasteiger charge is -2.29. The van der Waals surface area contributed by atoms with Crippen LogP contribution >= 0.6 is 0 Å². The molecule has 0 bridgehead atoms. The second-order valence-electron chi connectivity index (χ2n) is 11.3. The lowest BCUT2D eigenvalue weighted by molar-refractivity contribution is 0.669. The molecule has 2 nitrogen and oxygen atoms in total. The Morgan fingerprint density at radius 1 is 0.364 bits per heavy atom. The molecule has 206 valence electrons. The second kappa shape index (κ2) is 9.86. The number of furan rings is 1. The standard InChI is InChI=1S/C42H27NO/c1-2-12-28(13-3-1)32-17-6-8-20-37(32)43(39-22-11-19-36-34-18-7-9-23-40(34)44-42(36)39)38-21-10-15-30-25-26-33-31-16-5-4-14-29(31)24-27-35(33)41(30)38/h1-27H. The Kier molecular flexibility index (Phi) is 5.54. The molecule has 0 aliphatic rings. The highest BCUT2D eigenvalue weighted by Gasteiger charge is 2.24. The first kappa shape index (κ1) is 24.7. The molecule has 0 spiro atoms. The summed E-state index contributed by atoms with van der Waals surface area (Å²) in [6, 6.07) is 58.5. The predicted molar refractivity (Wildman–Crippen MR) is 186 cm³/mol. The van der Waals surface area contributed by atoms with Gasteiger partial charge in [-0.2, -0.15) is 0 Å². The van der Waals surface area contributed by atoms with Crippen molar-refractivity contribution in [1.82, 2.24) is 0 Å². The maximum Gasteiger partial charge on any atom is 0.159 e. The van der Waals surface area contributed by atoms with Crippen LogP contribution in [0.15, 0.2) is 168 Å². The Hall–Kier alpha value is -5.86. The Balaban J connectivity index is 1.43. The molecule has 0 fully saturated rings. The van der Waals surface area contributed by atoms with E-state index in [1.807, 2.05) is 6.07 Å². The van der Waals surface area contributed by atoms with Gasteiger partial charge < -0.3 is 9.32 Å². The number of benzene rings is 8. The van der Waals surface area contributed by atoms with Crippen LogP contribution < -0.4 is 4.90 Å². The zero-order valence-corrected chi connectivity index (χ0v) is 23.9. The number of hydrogen-bond acceptors (Lipinski definition) is 2. The van der Waals surface area contributed by atoms with Crippen molar-refractivity contribution in [3.05, 3.63) is 164 Å². The first-order valence-electron chi connectivity index (χ1n) is 15.0. The zero-order valence-electron chi connectivity index (χ0n) is 23.9. The molecule has 44 heavy (non-hydrogen) atoms. The van der Waals surface area contributed by atoms with Crippen LogP contribution in [0.25, 0.3) is 65.4 Å². The number of fused-ring (bicyclic) bond motifs is 8. The lowest BCUT2D eigenvalue weighted by atomic mass is 9.95. The number of nitrogens with zero attached hydrogens (tertiary/aromatic N) is 1. The van der Waals surface area contributed by atoms with E-state index in [9.17, 15) is 0 Å². The van der Waals surface area contributed by atoms with Gasteiger partial charge in [0.05, 0.1) is 17.1 Å². The van der Waals surface area contributed by atoms with Gasteiger partial charge in [0.15, 0.2) is 5.58 Å². The fourth-order valence-electron chi connectivity index (χ4n) is 6.87. The van der Waals surface area contributed by atoms with Crippen LogP contribution in [-0.4, -0.2) is 0 Å². The SMILES string of the molecule is c1ccc(-c2ccccc2N(c2cccc3c2oc2ccccc23)c2cccc3ccc4c5ccccc5ccc4c23)cc1. The highest BCUT2D eigenvalue weighted by molar-refractivity contribution is 6.22. The van der Waals surface area contributed by atoms with E-state index in [4.69, 9.17) is 4.42 Å². The summed E-state index contributed by atoms with van der Waals surface area (Å²) in [7, 11) is 0. The summed E-state index contributed by atoms with van der Waals surface area (Å²) in [6.07, 6.45) is 0. The van der Waals surface area contributed by atoms with E-state index < -0.39 is 0 Å². The molecular weight excluding hydrogens is 534 g/mol. The smallest absolute Gasteiger partial charge is 0.159 e. The lowest BCUT2D eigenvalue weighted by Crippen LogP contribution is -2.12. The molecule has 0 saturated carbocycles. The van der Waals surface area contributed by atoms with E-state index in [0.717, 1.165) is 44.6 Å². The van der Waals surface area contributed by atoms with Crippen LogP contribution in [0, 0.1) is 0 Å². The van der Waals surface area contributed by atoms with Crippen molar-refractivity contribution < 1.29 is 4.42 Å². The first-order valence-corrected chi connectivity index (χ1v) is 15.0. The monoisotopic (exact) mass is 561 g/mol. The fraction of sp³-hybridized carbons (Fsp3) is 0. The van der Waals surface area contributed by atoms with E-state index in [2.05, 4.69) is 163 Å². The van der Waals surface area contributed by atoms with Gasteiger partial charge in [0.25, 0.3) is 0 Å². The molecule has 9 aromatic rings. The van der Waals surface area contributed by atoms with Crippen molar-refractivity contribution in [1.29, 1.82) is 0 Å². The topological polar surface area (TPSA) is 16.4 Å². The summed E-state index contributed by atoms with van der Waals surface area (Å²) < 4.78 is 6.67. The molecule has 0 aliphatic carbocycles. The molecule has 0 radical (unpaired) electrons. The Morgan fingerprint density at radius 3 is 1.93 bits per heavy atom. The van der Waals surface area contributed by atoms with Crippen molar-refractivity contribution in [2.45, 2.75) is 0 Å². The van der Waals surface area contributed by atoms with Crippen molar-refractivity contribution in [3.63, 3.8) is 0 Å². The van der Waals surface area contributed by atoms with Gasteiger partial charge in [0.1, 0.15) is 5.58 Å². The second-order valence-corrected chi connectivity index (χ2v) is 11.3. The summed E-state index contributed by atoms with van der Waals surface area (Å²) in [5.74, 6) is 0. The van der Waals surface area contributed by atoms with Crippen molar-refractivity contribution >= 4 is 71.3 Å². The van der Waals surface area contributed by atoms with Gasteiger partial charge in [-0.25, -0.2) is 0 Å². The molecule has 0 saturated heterocycles. The highest BCUT2D eigenvalue weighted by Crippen LogP contribution is 2.48. The Bertz CT molecular complexity index is 2510. The van der Waals surface area contributed by atoms with Gasteiger partial charge in [-0.05, 0) is 56.8 Å². The highest BCUT2D eigenvalue weighted by atomic mass is 16.3. The summed E-state index contributed by atoms with van der Waals surface area (Å²) in [5, 5.41) is 9.63. The quantitative estimate of drug-likeness (QED) is 0.199. The molecule has 0 amide bonds. The van der Waals surface area contributed by atoms with Gasteiger partial charge in [0, 0.05) is 21.7 Å². The third-order valence-electron chi connectivity index (χ3n) is 8.84. The van der Waals surface area contributed by atoms with Crippen molar-refractivity contribution in [2.75, 3.05) is 4.90 Å². The van der Waals surface area contributed by atoms with Gasteiger partial charge in [0.2, 0.25) is 0 Å². The van der Waals surface area contributed by atoms with Crippen LogP contribution in [0.5, 0.6) is 0 Å². The van der Waals surface area contributed by atoms with Crippen LogP contribution in [0.3, 0.4) is 0 Å². The summed E-state index contributed by atoms with van der Waals surface area (Å²) >= 11 is 0. The normalized spacial score (nSPS) is 11.6. The molecule has 1 aromatic heterocycles. The van der Waals surface area contributed by atoms with E-state index >= 15 is 0 Å². The first-order chi connectivity index (χ1) is 21.8. The molecule has 8 aromatic carbocycles. The summed E-state index contributed by atoms with van der Waals surface area (Å²) in [5.41, 5.74) is 7.30. The van der Waals surface area contributed by atoms with E-state index in [-0.39, 0.29) is 0 Å². The zero-order chi connectivity index (χ0) is 29.0. The number of rotatable bonds is 4. The van der Waals surface area contributed by atoms with E-state index in [0.29, 0.717) is 0 Å². The van der Waals surface area contributed by atoms with Crippen molar-refractivity contribution in [3.8, 4) is 11.1 Å². The van der Waals surface area contributed by atoms with Crippen LogP contribution in [0.2, 0.25) is 0 Å². The number of hydrogen-bond donors (Lipinski definition) is 0. The molecule has 1 heterocycles. The predicted octanol–water partition coefficient (Wildman–Crippen LogP) is 12.2. The molecule has 0 unspecified atom stereocenters. The third kappa shape index (κ3) is 3.75. The van der Waals surface area contributed by atoms with Gasteiger partial charge in [-0.3, -0.25) is 0 Å². The third-order valence-corrected chi connectivity index (χ3v) is 8.84. The van der Waals surface area contributed by atoms with Gasteiger partial charge in [-0.15, -0.1) is 0 Å². The van der Waals surface area contributed by atoms with E-state index in [1.165, 1.54) is 37.9 Å². The van der Waals surface area contributed by atoms with Crippen molar-refractivity contribution in [2.24, 2.45) is 0 Å². The Morgan fingerprint density at radius 2 is 1.00 bits per heavy atom. The minimum absolute atomic E-state index is 0.874.